The summed E-state index contributed by atoms with van der Waals surface area (Å²) in [6, 6.07) is 10.0. The molecule has 1 saturated heterocycles. The van der Waals surface area contributed by atoms with Gasteiger partial charge in [0.15, 0.2) is 5.17 Å². The van der Waals surface area contributed by atoms with E-state index in [0.29, 0.717) is 6.61 Å². The highest BCUT2D eigenvalue weighted by Crippen LogP contribution is 2.24. The Kier molecular flexibility index (Phi) is 5.27. The maximum absolute atomic E-state index is 11.6. The Morgan fingerprint density at radius 3 is 2.89 bits per heavy atom. The molecule has 1 amide bonds. The minimum Gasteiger partial charge on any atom is -0.448 e. The molecule has 0 aromatic heterocycles. The Morgan fingerprint density at radius 2 is 2.16 bits per heavy atom. The zero-order chi connectivity index (χ0) is 13.5. The number of hydrogen-bond acceptors (Lipinski definition) is 3. The lowest BCUT2D eigenvalue weighted by Crippen LogP contribution is -2.29. The number of anilines is 1. The number of aliphatic imine (C=N–C) groups is 1. The van der Waals surface area contributed by atoms with Crippen molar-refractivity contribution in [1.82, 2.24) is 0 Å². The molecule has 1 heterocycles. The summed E-state index contributed by atoms with van der Waals surface area (Å²) in [5.74, 6) is 0.988. The summed E-state index contributed by atoms with van der Waals surface area (Å²) in [4.78, 5) is 17.7. The molecule has 1 aliphatic heterocycles. The molecule has 1 fully saturated rings. The maximum atomic E-state index is 11.6. The van der Waals surface area contributed by atoms with Crippen molar-refractivity contribution in [2.75, 3.05) is 23.8 Å². The van der Waals surface area contributed by atoms with Gasteiger partial charge in [-0.2, -0.15) is 4.99 Å². The summed E-state index contributed by atoms with van der Waals surface area (Å²) < 4.78 is 4.90. The Balaban J connectivity index is 2.23. The molecule has 0 aliphatic carbocycles. The first-order chi connectivity index (χ1) is 9.31. The third kappa shape index (κ3) is 3.99. The second kappa shape index (κ2) is 7.19. The molecule has 0 unspecified atom stereocenters. The standard InChI is InChI=1S/C14H18N2O2S/c1-2-18-14(17)15-13-16(10-6-7-11-19-13)12-8-4-3-5-9-12/h3-5,8-9H,2,6-7,10-11H2,1H3. The highest BCUT2D eigenvalue weighted by molar-refractivity contribution is 8.14. The zero-order valence-electron chi connectivity index (χ0n) is 11.0. The summed E-state index contributed by atoms with van der Waals surface area (Å²) in [5, 5.41) is 0.738. The number of nitrogens with zero attached hydrogens (tertiary/aromatic N) is 2. The molecule has 19 heavy (non-hydrogen) atoms. The number of thioether (sulfide) groups is 1. The van der Waals surface area contributed by atoms with E-state index >= 15 is 0 Å². The van der Waals surface area contributed by atoms with Gasteiger partial charge in [0.05, 0.1) is 6.61 Å². The summed E-state index contributed by atoms with van der Waals surface area (Å²) >= 11 is 1.62. The van der Waals surface area contributed by atoms with Gasteiger partial charge in [-0.3, -0.25) is 0 Å². The number of carbonyl (C=O) groups is 1. The third-order valence-corrected chi connectivity index (χ3v) is 3.82. The average molecular weight is 278 g/mol. The fourth-order valence-corrected chi connectivity index (χ4v) is 2.91. The monoisotopic (exact) mass is 278 g/mol. The van der Waals surface area contributed by atoms with Crippen LogP contribution in [0.15, 0.2) is 35.3 Å². The van der Waals surface area contributed by atoms with Gasteiger partial charge in [-0.1, -0.05) is 30.0 Å². The first-order valence-corrected chi connectivity index (χ1v) is 7.50. The quantitative estimate of drug-likeness (QED) is 0.830. The van der Waals surface area contributed by atoms with Crippen LogP contribution in [0.5, 0.6) is 0 Å². The maximum Gasteiger partial charge on any atom is 0.436 e. The van der Waals surface area contributed by atoms with E-state index in [-0.39, 0.29) is 0 Å². The fourth-order valence-electron chi connectivity index (χ4n) is 1.88. The number of carbonyl (C=O) groups excluding carboxylic acids is 1. The number of para-hydroxylation sites is 1. The largest absolute Gasteiger partial charge is 0.448 e. The van der Waals surface area contributed by atoms with E-state index in [2.05, 4.69) is 9.89 Å². The zero-order valence-corrected chi connectivity index (χ0v) is 11.9. The molecule has 0 N–H and O–H groups in total. The van der Waals surface area contributed by atoms with E-state index in [1.807, 2.05) is 30.3 Å². The molecular weight excluding hydrogens is 260 g/mol. The minimum atomic E-state index is -0.507. The summed E-state index contributed by atoms with van der Waals surface area (Å²) in [6.45, 7) is 3.02. The number of amides is 1. The predicted molar refractivity (Wildman–Crippen MR) is 79.9 cm³/mol. The lowest BCUT2D eigenvalue weighted by Gasteiger charge is -2.23. The van der Waals surface area contributed by atoms with Crippen molar-refractivity contribution in [2.45, 2.75) is 19.8 Å². The van der Waals surface area contributed by atoms with Crippen LogP contribution in [0.3, 0.4) is 0 Å². The van der Waals surface area contributed by atoms with E-state index in [1.54, 1.807) is 18.7 Å². The van der Waals surface area contributed by atoms with Gasteiger partial charge in [0.25, 0.3) is 0 Å². The molecule has 1 aliphatic rings. The Labute approximate surface area is 117 Å². The molecular formula is C14H18N2O2S. The van der Waals surface area contributed by atoms with Crippen LogP contribution in [0.2, 0.25) is 0 Å². The van der Waals surface area contributed by atoms with Crippen molar-refractivity contribution in [2.24, 2.45) is 4.99 Å². The second-order valence-corrected chi connectivity index (χ2v) is 5.20. The SMILES string of the molecule is CCOC(=O)N=C1SCCCCN1c1ccccc1. The van der Waals surface area contributed by atoms with E-state index in [0.717, 1.165) is 36.0 Å². The van der Waals surface area contributed by atoms with Crippen LogP contribution in [0.4, 0.5) is 10.5 Å². The van der Waals surface area contributed by atoms with Crippen molar-refractivity contribution in [3.63, 3.8) is 0 Å². The Morgan fingerprint density at radius 1 is 1.37 bits per heavy atom. The number of rotatable bonds is 2. The van der Waals surface area contributed by atoms with E-state index in [4.69, 9.17) is 4.74 Å². The van der Waals surface area contributed by atoms with E-state index in [9.17, 15) is 4.79 Å². The van der Waals surface area contributed by atoms with Crippen molar-refractivity contribution in [1.29, 1.82) is 0 Å². The van der Waals surface area contributed by atoms with E-state index < -0.39 is 6.09 Å². The van der Waals surface area contributed by atoms with Crippen LogP contribution in [-0.2, 0) is 4.74 Å². The molecule has 4 nitrogen and oxygen atoms in total. The normalized spacial score (nSPS) is 18.2. The van der Waals surface area contributed by atoms with E-state index in [1.165, 1.54) is 0 Å². The highest BCUT2D eigenvalue weighted by atomic mass is 32.2. The predicted octanol–water partition coefficient (Wildman–Crippen LogP) is 3.53. The van der Waals surface area contributed by atoms with Gasteiger partial charge >= 0.3 is 6.09 Å². The van der Waals surface area contributed by atoms with Gasteiger partial charge in [0, 0.05) is 18.0 Å². The van der Waals surface area contributed by atoms with Gasteiger partial charge in [-0.25, -0.2) is 4.79 Å². The fraction of sp³-hybridized carbons (Fsp3) is 0.429. The number of ether oxygens (including phenoxy) is 1. The van der Waals surface area contributed by atoms with Crippen LogP contribution in [-0.4, -0.2) is 30.2 Å². The van der Waals surface area contributed by atoms with Crippen LogP contribution < -0.4 is 4.90 Å². The van der Waals surface area contributed by atoms with Crippen LogP contribution >= 0.6 is 11.8 Å². The third-order valence-electron chi connectivity index (χ3n) is 2.76. The van der Waals surface area contributed by atoms with Crippen molar-refractivity contribution < 1.29 is 9.53 Å². The molecule has 102 valence electrons. The molecule has 1 aromatic rings. The first-order valence-electron chi connectivity index (χ1n) is 6.52. The molecule has 0 saturated carbocycles. The topological polar surface area (TPSA) is 41.9 Å². The summed E-state index contributed by atoms with van der Waals surface area (Å²) in [7, 11) is 0. The summed E-state index contributed by atoms with van der Waals surface area (Å²) in [6.07, 6.45) is 1.73. The number of benzene rings is 1. The molecule has 2 rings (SSSR count). The highest BCUT2D eigenvalue weighted by Gasteiger charge is 2.18. The molecule has 0 atom stereocenters. The molecule has 0 bridgehead atoms. The first kappa shape index (κ1) is 13.9. The number of amidine groups is 1. The molecule has 0 radical (unpaired) electrons. The van der Waals surface area contributed by atoms with Crippen LogP contribution in [0, 0.1) is 0 Å². The van der Waals surface area contributed by atoms with Crippen molar-refractivity contribution in [3.05, 3.63) is 30.3 Å². The second-order valence-electron chi connectivity index (χ2n) is 4.14. The minimum absolute atomic E-state index is 0.353. The number of hydrogen-bond donors (Lipinski definition) is 0. The molecule has 0 spiro atoms. The van der Waals surface area contributed by atoms with Crippen molar-refractivity contribution in [3.8, 4) is 0 Å². The Hall–Kier alpha value is -1.49. The van der Waals surface area contributed by atoms with Gasteiger partial charge in [0.2, 0.25) is 0 Å². The van der Waals surface area contributed by atoms with Crippen molar-refractivity contribution >= 4 is 28.7 Å². The smallest absolute Gasteiger partial charge is 0.436 e. The van der Waals surface area contributed by atoms with Crippen LogP contribution in [0.1, 0.15) is 19.8 Å². The Bertz CT molecular complexity index is 448. The van der Waals surface area contributed by atoms with Gasteiger partial charge in [0.1, 0.15) is 0 Å². The lowest BCUT2D eigenvalue weighted by atomic mass is 10.2. The molecule has 5 heteroatoms. The lowest BCUT2D eigenvalue weighted by molar-refractivity contribution is 0.163. The summed E-state index contributed by atoms with van der Waals surface area (Å²) in [5.41, 5.74) is 1.07. The average Bonchev–Trinajstić information content (AvgIpc) is 2.65. The van der Waals surface area contributed by atoms with Gasteiger partial charge in [-0.15, -0.1) is 0 Å². The van der Waals surface area contributed by atoms with Crippen LogP contribution in [0.25, 0.3) is 0 Å². The molecule has 1 aromatic carbocycles. The van der Waals surface area contributed by atoms with Gasteiger partial charge in [-0.05, 0) is 31.9 Å². The van der Waals surface area contributed by atoms with Gasteiger partial charge < -0.3 is 9.64 Å².